The van der Waals surface area contributed by atoms with E-state index in [0.29, 0.717) is 29.4 Å². The van der Waals surface area contributed by atoms with Crippen molar-refractivity contribution in [3.8, 4) is 0 Å². The van der Waals surface area contributed by atoms with Gasteiger partial charge in [0.1, 0.15) is 4.88 Å². The highest BCUT2D eigenvalue weighted by molar-refractivity contribution is 7.13. The SMILES string of the molecule is Cc1csc(C(=O)N2CC[C@H](O)C2)c1Cl. The maximum absolute atomic E-state index is 12.0. The first kappa shape index (κ1) is 10.9. The third-order valence-corrected chi connectivity index (χ3v) is 4.23. The molecule has 1 fully saturated rings. The Bertz CT molecular complexity index is 391. The van der Waals surface area contributed by atoms with Crippen molar-refractivity contribution < 1.29 is 9.90 Å². The van der Waals surface area contributed by atoms with Crippen molar-refractivity contribution in [1.29, 1.82) is 0 Å². The van der Waals surface area contributed by atoms with E-state index in [1.807, 2.05) is 12.3 Å². The molecule has 15 heavy (non-hydrogen) atoms. The number of amides is 1. The van der Waals surface area contributed by atoms with Gasteiger partial charge in [-0.3, -0.25) is 4.79 Å². The van der Waals surface area contributed by atoms with Crippen LogP contribution in [0.25, 0.3) is 0 Å². The summed E-state index contributed by atoms with van der Waals surface area (Å²) >= 11 is 7.39. The number of aliphatic hydroxyl groups is 1. The van der Waals surface area contributed by atoms with Crippen LogP contribution in [0.15, 0.2) is 5.38 Å². The molecule has 2 rings (SSSR count). The third-order valence-electron chi connectivity index (χ3n) is 2.54. The fourth-order valence-corrected chi connectivity index (χ4v) is 2.88. The minimum Gasteiger partial charge on any atom is -0.391 e. The highest BCUT2D eigenvalue weighted by Gasteiger charge is 2.27. The smallest absolute Gasteiger partial charge is 0.265 e. The van der Waals surface area contributed by atoms with Gasteiger partial charge in [-0.15, -0.1) is 11.3 Å². The Morgan fingerprint density at radius 2 is 2.47 bits per heavy atom. The quantitative estimate of drug-likeness (QED) is 0.821. The molecule has 0 unspecified atom stereocenters. The van der Waals surface area contributed by atoms with Crippen molar-refractivity contribution in [3.05, 3.63) is 20.8 Å². The lowest BCUT2D eigenvalue weighted by molar-refractivity contribution is 0.0770. The van der Waals surface area contributed by atoms with Crippen LogP contribution >= 0.6 is 22.9 Å². The molecular formula is C10H12ClNO2S. The number of likely N-dealkylation sites (tertiary alicyclic amines) is 1. The van der Waals surface area contributed by atoms with Crippen molar-refractivity contribution in [2.75, 3.05) is 13.1 Å². The van der Waals surface area contributed by atoms with Crippen LogP contribution in [0.2, 0.25) is 5.02 Å². The van der Waals surface area contributed by atoms with Gasteiger partial charge in [0, 0.05) is 13.1 Å². The van der Waals surface area contributed by atoms with E-state index in [1.54, 1.807) is 4.90 Å². The van der Waals surface area contributed by atoms with Crippen LogP contribution < -0.4 is 0 Å². The van der Waals surface area contributed by atoms with Gasteiger partial charge in [-0.25, -0.2) is 0 Å². The number of hydrogen-bond acceptors (Lipinski definition) is 3. The minimum atomic E-state index is -0.381. The number of hydrogen-bond donors (Lipinski definition) is 1. The van der Waals surface area contributed by atoms with E-state index in [-0.39, 0.29) is 12.0 Å². The van der Waals surface area contributed by atoms with Gasteiger partial charge in [0.05, 0.1) is 11.1 Å². The molecule has 0 aromatic carbocycles. The van der Waals surface area contributed by atoms with Crippen LogP contribution in [-0.4, -0.2) is 35.1 Å². The molecule has 1 aromatic rings. The summed E-state index contributed by atoms with van der Waals surface area (Å²) in [5.41, 5.74) is 0.935. The zero-order valence-electron chi connectivity index (χ0n) is 8.36. The number of thiophene rings is 1. The van der Waals surface area contributed by atoms with E-state index < -0.39 is 0 Å². The number of carbonyl (C=O) groups is 1. The van der Waals surface area contributed by atoms with Gasteiger partial charge in [0.2, 0.25) is 0 Å². The molecule has 5 heteroatoms. The summed E-state index contributed by atoms with van der Waals surface area (Å²) in [5.74, 6) is -0.0605. The van der Waals surface area contributed by atoms with E-state index in [9.17, 15) is 9.90 Å². The van der Waals surface area contributed by atoms with Crippen molar-refractivity contribution in [1.82, 2.24) is 4.90 Å². The molecule has 0 saturated carbocycles. The van der Waals surface area contributed by atoms with Gasteiger partial charge in [-0.2, -0.15) is 0 Å². The Balaban J connectivity index is 2.18. The Morgan fingerprint density at radius 1 is 1.73 bits per heavy atom. The molecule has 1 aromatic heterocycles. The van der Waals surface area contributed by atoms with E-state index in [2.05, 4.69) is 0 Å². The first-order chi connectivity index (χ1) is 7.09. The average Bonchev–Trinajstić information content (AvgIpc) is 2.75. The molecule has 82 valence electrons. The topological polar surface area (TPSA) is 40.5 Å². The van der Waals surface area contributed by atoms with E-state index in [1.165, 1.54) is 11.3 Å². The number of aryl methyl sites for hydroxylation is 1. The highest BCUT2D eigenvalue weighted by atomic mass is 35.5. The van der Waals surface area contributed by atoms with E-state index >= 15 is 0 Å². The van der Waals surface area contributed by atoms with Crippen molar-refractivity contribution in [3.63, 3.8) is 0 Å². The predicted molar refractivity (Wildman–Crippen MR) is 60.6 cm³/mol. The summed E-state index contributed by atoms with van der Waals surface area (Å²) < 4.78 is 0. The van der Waals surface area contributed by atoms with Gasteiger partial charge in [0.15, 0.2) is 0 Å². The number of β-amino-alcohol motifs (C(OH)–C–C–N with tert-alkyl or cyclic N) is 1. The van der Waals surface area contributed by atoms with Gasteiger partial charge in [0.25, 0.3) is 5.91 Å². The molecule has 1 aliphatic rings. The zero-order chi connectivity index (χ0) is 11.0. The third kappa shape index (κ3) is 2.02. The molecular weight excluding hydrogens is 234 g/mol. The lowest BCUT2D eigenvalue weighted by Crippen LogP contribution is -2.29. The molecule has 0 aliphatic carbocycles. The molecule has 1 amide bonds. The summed E-state index contributed by atoms with van der Waals surface area (Å²) in [6.07, 6.45) is 0.280. The lowest BCUT2D eigenvalue weighted by atomic mass is 10.3. The number of carbonyl (C=O) groups excluding carboxylic acids is 1. The number of rotatable bonds is 1. The summed E-state index contributed by atoms with van der Waals surface area (Å²) in [4.78, 5) is 14.2. The van der Waals surface area contributed by atoms with Crippen LogP contribution in [0.3, 0.4) is 0 Å². The molecule has 1 saturated heterocycles. The summed E-state index contributed by atoms with van der Waals surface area (Å²) in [5, 5.41) is 11.8. The minimum absolute atomic E-state index is 0.0605. The molecule has 0 bridgehead atoms. The first-order valence-electron chi connectivity index (χ1n) is 4.80. The van der Waals surface area contributed by atoms with Crippen molar-refractivity contribution in [2.24, 2.45) is 0 Å². The number of halogens is 1. The zero-order valence-corrected chi connectivity index (χ0v) is 9.94. The number of nitrogens with zero attached hydrogens (tertiary/aromatic N) is 1. The van der Waals surface area contributed by atoms with Crippen LogP contribution in [0, 0.1) is 6.92 Å². The Kier molecular flexibility index (Phi) is 3.00. The summed E-state index contributed by atoms with van der Waals surface area (Å²) in [6.45, 7) is 2.92. The first-order valence-corrected chi connectivity index (χ1v) is 6.06. The summed E-state index contributed by atoms with van der Waals surface area (Å²) in [7, 11) is 0. The van der Waals surface area contributed by atoms with Gasteiger partial charge >= 0.3 is 0 Å². The molecule has 1 aliphatic heterocycles. The molecule has 1 N–H and O–H groups in total. The van der Waals surface area contributed by atoms with Crippen LogP contribution in [0.4, 0.5) is 0 Å². The highest BCUT2D eigenvalue weighted by Crippen LogP contribution is 2.29. The van der Waals surface area contributed by atoms with E-state index in [0.717, 1.165) is 5.56 Å². The van der Waals surface area contributed by atoms with Crippen LogP contribution in [0.5, 0.6) is 0 Å². The number of aliphatic hydroxyl groups excluding tert-OH is 1. The second-order valence-electron chi connectivity index (χ2n) is 3.76. The molecule has 2 heterocycles. The molecule has 1 atom stereocenters. The second kappa shape index (κ2) is 4.12. The maximum Gasteiger partial charge on any atom is 0.265 e. The summed E-state index contributed by atoms with van der Waals surface area (Å²) in [6, 6.07) is 0. The molecule has 0 spiro atoms. The fourth-order valence-electron chi connectivity index (χ4n) is 1.64. The standard InChI is InChI=1S/C10H12ClNO2S/c1-6-5-15-9(8(6)11)10(14)12-3-2-7(13)4-12/h5,7,13H,2-4H2,1H3/t7-/m0/s1. The Morgan fingerprint density at radius 3 is 2.93 bits per heavy atom. The van der Waals surface area contributed by atoms with Gasteiger partial charge in [-0.05, 0) is 24.3 Å². The second-order valence-corrected chi connectivity index (χ2v) is 5.01. The van der Waals surface area contributed by atoms with Gasteiger partial charge in [-0.1, -0.05) is 11.6 Å². The van der Waals surface area contributed by atoms with Gasteiger partial charge < -0.3 is 10.0 Å². The van der Waals surface area contributed by atoms with Crippen molar-refractivity contribution in [2.45, 2.75) is 19.4 Å². The Labute approximate surface area is 97.3 Å². The molecule has 0 radical (unpaired) electrons. The largest absolute Gasteiger partial charge is 0.391 e. The lowest BCUT2D eigenvalue weighted by Gasteiger charge is -2.14. The Hall–Kier alpha value is -0.580. The normalized spacial score (nSPS) is 21.0. The maximum atomic E-state index is 12.0. The van der Waals surface area contributed by atoms with Crippen molar-refractivity contribution >= 4 is 28.8 Å². The predicted octanol–water partition coefficient (Wildman–Crippen LogP) is 1.92. The van der Waals surface area contributed by atoms with Crippen LogP contribution in [0.1, 0.15) is 21.7 Å². The monoisotopic (exact) mass is 245 g/mol. The average molecular weight is 246 g/mol. The molecule has 3 nitrogen and oxygen atoms in total. The fraction of sp³-hybridized carbons (Fsp3) is 0.500. The van der Waals surface area contributed by atoms with Crippen LogP contribution in [-0.2, 0) is 0 Å². The van der Waals surface area contributed by atoms with E-state index in [4.69, 9.17) is 11.6 Å².